The summed E-state index contributed by atoms with van der Waals surface area (Å²) in [6.07, 6.45) is 4.38. The van der Waals surface area contributed by atoms with Crippen molar-refractivity contribution in [2.24, 2.45) is 21.3 Å². The Morgan fingerprint density at radius 1 is 1.36 bits per heavy atom. The average Bonchev–Trinajstić information content (AvgIpc) is 2.87. The van der Waals surface area contributed by atoms with Gasteiger partial charge in [-0.05, 0) is 37.5 Å². The summed E-state index contributed by atoms with van der Waals surface area (Å²) in [5, 5.41) is 0. The molecule has 14 heavy (non-hydrogen) atoms. The molecule has 1 aliphatic carbocycles. The molecule has 78 valence electrons. The summed E-state index contributed by atoms with van der Waals surface area (Å²) in [7, 11) is 0. The van der Waals surface area contributed by atoms with E-state index in [2.05, 4.69) is 44.4 Å². The van der Waals surface area contributed by atoms with Crippen molar-refractivity contribution in [3.63, 3.8) is 0 Å². The molecule has 1 fully saturated rings. The molecular weight excluding hydrogens is 172 g/mol. The molecule has 0 bridgehead atoms. The number of nitrogens with zero attached hydrogens (tertiary/aromatic N) is 2. The van der Waals surface area contributed by atoms with Crippen LogP contribution in [0.4, 0.5) is 0 Å². The molecule has 1 rings (SSSR count). The van der Waals surface area contributed by atoms with Crippen LogP contribution in [0.25, 0.3) is 0 Å². The van der Waals surface area contributed by atoms with E-state index in [0.29, 0.717) is 5.92 Å². The van der Waals surface area contributed by atoms with Crippen molar-refractivity contribution in [2.45, 2.75) is 40.5 Å². The Morgan fingerprint density at radius 2 is 1.93 bits per heavy atom. The van der Waals surface area contributed by atoms with Crippen LogP contribution >= 0.6 is 0 Å². The van der Waals surface area contributed by atoms with E-state index in [4.69, 9.17) is 0 Å². The topological polar surface area (TPSA) is 24.7 Å². The second-order valence-electron chi connectivity index (χ2n) is 4.98. The molecule has 0 aromatic rings. The number of rotatable bonds is 2. The molecule has 2 nitrogen and oxygen atoms in total. The van der Waals surface area contributed by atoms with Gasteiger partial charge >= 0.3 is 0 Å². The van der Waals surface area contributed by atoms with Crippen molar-refractivity contribution in [3.8, 4) is 0 Å². The lowest BCUT2D eigenvalue weighted by Gasteiger charge is -2.18. The number of hydrogen-bond donors (Lipinski definition) is 0. The minimum atomic E-state index is 0.194. The summed E-state index contributed by atoms with van der Waals surface area (Å²) >= 11 is 0. The molecule has 0 aliphatic heterocycles. The Kier molecular flexibility index (Phi) is 3.25. The van der Waals surface area contributed by atoms with Gasteiger partial charge in [0, 0.05) is 12.1 Å². The van der Waals surface area contributed by atoms with Gasteiger partial charge in [0.2, 0.25) is 0 Å². The Morgan fingerprint density at radius 3 is 2.29 bits per heavy atom. The van der Waals surface area contributed by atoms with E-state index in [1.165, 1.54) is 18.4 Å². The van der Waals surface area contributed by atoms with Gasteiger partial charge in [0.25, 0.3) is 0 Å². The zero-order valence-corrected chi connectivity index (χ0v) is 9.67. The molecule has 1 aliphatic rings. The lowest BCUT2D eigenvalue weighted by Crippen LogP contribution is -2.06. The Bertz CT molecular complexity index is 275. The smallest absolute Gasteiger partial charge is 0.130 e. The molecule has 0 amide bonds. The quantitative estimate of drug-likeness (QED) is 0.473. The normalized spacial score (nSPS) is 19.7. The van der Waals surface area contributed by atoms with Gasteiger partial charge in [-0.15, -0.1) is 0 Å². The first-order valence-electron chi connectivity index (χ1n) is 5.17. The maximum atomic E-state index is 4.40. The van der Waals surface area contributed by atoms with Crippen LogP contribution < -0.4 is 0 Å². The fourth-order valence-corrected chi connectivity index (χ4v) is 0.973. The highest BCUT2D eigenvalue weighted by atomic mass is 14.9. The number of allylic oxidation sites excluding steroid dienone is 1. The van der Waals surface area contributed by atoms with Crippen molar-refractivity contribution < 1.29 is 0 Å². The molecule has 1 saturated carbocycles. The zero-order chi connectivity index (χ0) is 10.8. The first kappa shape index (κ1) is 11.2. The molecular formula is C12H20N2. The van der Waals surface area contributed by atoms with Gasteiger partial charge in [-0.3, -0.25) is 0 Å². The van der Waals surface area contributed by atoms with E-state index in [9.17, 15) is 0 Å². The molecule has 0 atom stereocenters. The second-order valence-corrected chi connectivity index (χ2v) is 4.98. The van der Waals surface area contributed by atoms with Crippen LogP contribution in [0.2, 0.25) is 0 Å². The molecule has 0 spiro atoms. The van der Waals surface area contributed by atoms with Gasteiger partial charge in [-0.25, -0.2) is 9.98 Å². The van der Waals surface area contributed by atoms with E-state index in [1.54, 1.807) is 0 Å². The first-order valence-corrected chi connectivity index (χ1v) is 5.17. The van der Waals surface area contributed by atoms with E-state index in [-0.39, 0.29) is 5.41 Å². The van der Waals surface area contributed by atoms with Crippen LogP contribution in [0, 0.1) is 11.3 Å². The van der Waals surface area contributed by atoms with Crippen molar-refractivity contribution in [1.82, 2.24) is 0 Å². The van der Waals surface area contributed by atoms with Gasteiger partial charge in [0.1, 0.15) is 5.84 Å². The minimum absolute atomic E-state index is 0.194. The fraction of sp³-hybridized carbons (Fsp3) is 0.667. The van der Waals surface area contributed by atoms with Crippen LogP contribution in [0.3, 0.4) is 0 Å². The summed E-state index contributed by atoms with van der Waals surface area (Å²) in [5.74, 6) is 1.49. The van der Waals surface area contributed by atoms with Gasteiger partial charge in [-0.2, -0.15) is 0 Å². The van der Waals surface area contributed by atoms with Crippen LogP contribution in [-0.2, 0) is 0 Å². The lowest BCUT2D eigenvalue weighted by molar-refractivity contribution is 0.502. The zero-order valence-electron chi connectivity index (χ0n) is 9.67. The molecule has 0 unspecified atom stereocenters. The molecule has 0 aromatic heterocycles. The molecule has 0 heterocycles. The molecule has 0 radical (unpaired) electrons. The van der Waals surface area contributed by atoms with Gasteiger partial charge in [0.05, 0.1) is 0 Å². The van der Waals surface area contributed by atoms with Gasteiger partial charge < -0.3 is 0 Å². The summed E-state index contributed by atoms with van der Waals surface area (Å²) in [4.78, 5) is 8.36. The monoisotopic (exact) mass is 192 g/mol. The predicted octanol–water partition coefficient (Wildman–Crippen LogP) is 3.45. The largest absolute Gasteiger partial charge is 0.249 e. The van der Waals surface area contributed by atoms with Crippen molar-refractivity contribution in [1.29, 1.82) is 0 Å². The fourth-order valence-electron chi connectivity index (χ4n) is 0.973. The summed E-state index contributed by atoms with van der Waals surface area (Å²) in [5.41, 5.74) is 1.47. The molecule has 0 aromatic carbocycles. The summed E-state index contributed by atoms with van der Waals surface area (Å²) in [6, 6.07) is 0. The van der Waals surface area contributed by atoms with Crippen LogP contribution in [0.15, 0.2) is 21.8 Å². The predicted molar refractivity (Wildman–Crippen MR) is 62.9 cm³/mol. The van der Waals surface area contributed by atoms with Gasteiger partial charge in [-0.1, -0.05) is 20.8 Å². The third-order valence-corrected chi connectivity index (χ3v) is 2.68. The van der Waals surface area contributed by atoms with E-state index >= 15 is 0 Å². The molecule has 0 N–H and O–H groups in total. The highest BCUT2D eigenvalue weighted by molar-refractivity contribution is 5.90. The summed E-state index contributed by atoms with van der Waals surface area (Å²) < 4.78 is 0. The highest BCUT2D eigenvalue weighted by Crippen LogP contribution is 2.31. The van der Waals surface area contributed by atoms with Gasteiger partial charge in [0.15, 0.2) is 0 Å². The Balaban J connectivity index is 2.71. The second kappa shape index (κ2) is 4.07. The Hall–Kier alpha value is -0.920. The lowest BCUT2D eigenvalue weighted by atomic mass is 9.88. The third-order valence-electron chi connectivity index (χ3n) is 2.68. The van der Waals surface area contributed by atoms with E-state index in [0.717, 1.165) is 5.84 Å². The maximum Gasteiger partial charge on any atom is 0.130 e. The standard InChI is InChI=1S/C12H20N2/c1-9(12(2,3)4)8-14-11(13-5)10-6-7-10/h8,10H,5-7H2,1-4H3/b9-8+,14-11-. The van der Waals surface area contributed by atoms with Crippen molar-refractivity contribution in [2.75, 3.05) is 0 Å². The molecule has 2 heteroatoms. The maximum absolute atomic E-state index is 4.40. The number of amidine groups is 1. The number of aliphatic imine (C=N–C) groups is 2. The SMILES string of the molecule is C=N/C(=N\C=C(/C)C(C)(C)C)C1CC1. The average molecular weight is 192 g/mol. The van der Waals surface area contributed by atoms with E-state index < -0.39 is 0 Å². The third kappa shape index (κ3) is 3.09. The Labute approximate surface area is 86.8 Å². The van der Waals surface area contributed by atoms with E-state index in [1.807, 2.05) is 6.20 Å². The van der Waals surface area contributed by atoms with Crippen LogP contribution in [-0.4, -0.2) is 12.6 Å². The first-order chi connectivity index (χ1) is 6.45. The van der Waals surface area contributed by atoms with Crippen LogP contribution in [0.1, 0.15) is 40.5 Å². The highest BCUT2D eigenvalue weighted by Gasteiger charge is 2.26. The summed E-state index contributed by atoms with van der Waals surface area (Å²) in [6.45, 7) is 12.2. The van der Waals surface area contributed by atoms with Crippen molar-refractivity contribution in [3.05, 3.63) is 11.8 Å². The van der Waals surface area contributed by atoms with Crippen LogP contribution in [0.5, 0.6) is 0 Å². The van der Waals surface area contributed by atoms with Crippen molar-refractivity contribution >= 4 is 12.6 Å². The number of hydrogen-bond acceptors (Lipinski definition) is 1. The molecule has 0 saturated heterocycles. The minimum Gasteiger partial charge on any atom is -0.249 e.